The lowest BCUT2D eigenvalue weighted by Crippen LogP contribution is -2.45. The van der Waals surface area contributed by atoms with Crippen LogP contribution < -0.4 is 5.32 Å². The molecule has 352 valence electrons. The van der Waals surface area contributed by atoms with Gasteiger partial charge in [0.1, 0.15) is 0 Å². The molecule has 0 aromatic carbocycles. The number of hydrogen-bond donors (Lipinski definition) is 3. The monoisotopic (exact) mass is 840 g/mol. The van der Waals surface area contributed by atoms with Crippen LogP contribution in [0.2, 0.25) is 0 Å². The van der Waals surface area contributed by atoms with Crippen molar-refractivity contribution in [3.8, 4) is 0 Å². The third kappa shape index (κ3) is 47.4. The number of unbranched alkanes of at least 4 members (excludes halogenated alkanes) is 36. The van der Waals surface area contributed by atoms with Crippen LogP contribution in [0.5, 0.6) is 0 Å². The van der Waals surface area contributed by atoms with E-state index in [2.05, 4.69) is 55.6 Å². The molecule has 0 aliphatic heterocycles. The van der Waals surface area contributed by atoms with Crippen molar-refractivity contribution in [3.63, 3.8) is 0 Å². The van der Waals surface area contributed by atoms with E-state index in [1.807, 2.05) is 6.08 Å². The molecule has 0 bridgehead atoms. The minimum atomic E-state index is -0.858. The fourth-order valence-electron chi connectivity index (χ4n) is 8.17. The fraction of sp³-hybridized carbons (Fsp3) is 0.839. The van der Waals surface area contributed by atoms with Gasteiger partial charge in [0.2, 0.25) is 5.91 Å². The minimum absolute atomic E-state index is 0.0731. The van der Waals surface area contributed by atoms with Crippen LogP contribution in [0.4, 0.5) is 0 Å². The second-order valence-electron chi connectivity index (χ2n) is 18.3. The Labute approximate surface area is 375 Å². The zero-order valence-corrected chi connectivity index (χ0v) is 40.5. The maximum absolute atomic E-state index is 12.4. The van der Waals surface area contributed by atoms with Gasteiger partial charge in [0.25, 0.3) is 0 Å². The van der Waals surface area contributed by atoms with E-state index >= 15 is 0 Å². The molecule has 0 aromatic heterocycles. The molecule has 60 heavy (non-hydrogen) atoms. The number of aliphatic hydroxyl groups excluding tert-OH is 2. The molecule has 2 atom stereocenters. The molecule has 0 rings (SSSR count). The van der Waals surface area contributed by atoms with Crippen molar-refractivity contribution >= 4 is 5.91 Å². The SMILES string of the molecule is CCCCC/C=C/CC/C=C/C(O)C(CO)NC(=O)CCCCCCCCCCCCCCCCCCCCCCCCCCCCC/C=C\C/C=C\CCCCCCC. The summed E-state index contributed by atoms with van der Waals surface area (Å²) in [7, 11) is 0. The van der Waals surface area contributed by atoms with Crippen molar-refractivity contribution in [2.45, 2.75) is 296 Å². The average molecular weight is 840 g/mol. The second kappa shape index (κ2) is 51.7. The zero-order chi connectivity index (χ0) is 43.5. The summed E-state index contributed by atoms with van der Waals surface area (Å²) in [5.41, 5.74) is 0. The molecule has 0 saturated carbocycles. The molecular formula is C56H105NO3. The number of amides is 1. The summed E-state index contributed by atoms with van der Waals surface area (Å²) < 4.78 is 0. The van der Waals surface area contributed by atoms with Gasteiger partial charge in [-0.1, -0.05) is 262 Å². The summed E-state index contributed by atoms with van der Waals surface area (Å²) in [6.45, 7) is 4.24. The highest BCUT2D eigenvalue weighted by atomic mass is 16.3. The number of carbonyl (C=O) groups is 1. The van der Waals surface area contributed by atoms with E-state index in [1.165, 1.54) is 225 Å². The molecule has 0 aromatic rings. The summed E-state index contributed by atoms with van der Waals surface area (Å²) in [5, 5.41) is 22.9. The molecule has 2 unspecified atom stereocenters. The van der Waals surface area contributed by atoms with Gasteiger partial charge in [0.05, 0.1) is 18.8 Å². The Kier molecular flexibility index (Phi) is 50.3. The second-order valence-corrected chi connectivity index (χ2v) is 18.3. The molecule has 1 amide bonds. The van der Waals surface area contributed by atoms with E-state index in [0.717, 1.165) is 38.5 Å². The van der Waals surface area contributed by atoms with Crippen LogP contribution in [-0.4, -0.2) is 34.9 Å². The normalized spacial score (nSPS) is 13.2. The molecule has 0 spiro atoms. The van der Waals surface area contributed by atoms with Crippen molar-refractivity contribution in [2.75, 3.05) is 6.61 Å². The molecule has 0 fully saturated rings. The summed E-state index contributed by atoms with van der Waals surface area (Å²) in [5.74, 6) is -0.0731. The zero-order valence-electron chi connectivity index (χ0n) is 40.5. The van der Waals surface area contributed by atoms with E-state index in [4.69, 9.17) is 0 Å². The predicted octanol–water partition coefficient (Wildman–Crippen LogP) is 17.5. The van der Waals surface area contributed by atoms with E-state index in [-0.39, 0.29) is 12.5 Å². The topological polar surface area (TPSA) is 69.6 Å². The summed E-state index contributed by atoms with van der Waals surface area (Å²) >= 11 is 0. The van der Waals surface area contributed by atoms with Crippen LogP contribution in [0.15, 0.2) is 48.6 Å². The number of rotatable bonds is 49. The molecular weight excluding hydrogens is 735 g/mol. The average Bonchev–Trinajstić information content (AvgIpc) is 3.25. The first-order valence-corrected chi connectivity index (χ1v) is 26.9. The van der Waals surface area contributed by atoms with Gasteiger partial charge < -0.3 is 15.5 Å². The smallest absolute Gasteiger partial charge is 0.220 e. The first-order valence-electron chi connectivity index (χ1n) is 26.9. The third-order valence-corrected chi connectivity index (χ3v) is 12.3. The van der Waals surface area contributed by atoms with Gasteiger partial charge in [-0.15, -0.1) is 0 Å². The molecule has 0 aliphatic rings. The Balaban J connectivity index is 3.35. The number of aliphatic hydroxyl groups is 2. The minimum Gasteiger partial charge on any atom is -0.394 e. The Bertz CT molecular complexity index is 954. The highest BCUT2D eigenvalue weighted by molar-refractivity contribution is 5.76. The third-order valence-electron chi connectivity index (χ3n) is 12.3. The molecule has 0 aliphatic carbocycles. The summed E-state index contributed by atoms with van der Waals surface area (Å²) in [6.07, 6.45) is 71.6. The Hall–Kier alpha value is -1.65. The fourth-order valence-corrected chi connectivity index (χ4v) is 8.17. The molecule has 4 nitrogen and oxygen atoms in total. The first kappa shape index (κ1) is 58.4. The Morgan fingerprint density at radius 2 is 0.700 bits per heavy atom. The number of hydrogen-bond acceptors (Lipinski definition) is 3. The van der Waals surface area contributed by atoms with Crippen molar-refractivity contribution in [2.24, 2.45) is 0 Å². The maximum atomic E-state index is 12.4. The van der Waals surface area contributed by atoms with E-state index in [9.17, 15) is 15.0 Å². The van der Waals surface area contributed by atoms with Gasteiger partial charge in [-0.3, -0.25) is 4.79 Å². The van der Waals surface area contributed by atoms with Crippen molar-refractivity contribution in [3.05, 3.63) is 48.6 Å². The van der Waals surface area contributed by atoms with Crippen LogP contribution in [0, 0.1) is 0 Å². The standard InChI is InChI=1S/C56H105NO3/c1-3-5-7-9-11-13-14-15-16-17-18-19-20-21-22-23-24-25-26-27-28-29-30-31-32-33-34-35-36-37-38-39-40-41-42-44-46-48-50-52-56(60)57-54(53-58)55(59)51-49-47-45-43-12-10-8-6-4-2/h12,14-15,17-18,43,49,51,54-55,58-59H,3-11,13,16,19-42,44-48,50,52-53H2,1-2H3,(H,57,60)/b15-14-,18-17-,43-12+,51-49+. The molecule has 0 radical (unpaired) electrons. The number of carbonyl (C=O) groups excluding carboxylic acids is 1. The van der Waals surface area contributed by atoms with Crippen molar-refractivity contribution < 1.29 is 15.0 Å². The lowest BCUT2D eigenvalue weighted by molar-refractivity contribution is -0.123. The molecule has 4 heteroatoms. The highest BCUT2D eigenvalue weighted by Crippen LogP contribution is 2.17. The summed E-state index contributed by atoms with van der Waals surface area (Å²) in [6, 6.07) is -0.635. The van der Waals surface area contributed by atoms with E-state index < -0.39 is 12.1 Å². The summed E-state index contributed by atoms with van der Waals surface area (Å²) in [4.78, 5) is 12.4. The van der Waals surface area contributed by atoms with Gasteiger partial charge in [-0.2, -0.15) is 0 Å². The first-order chi connectivity index (χ1) is 29.7. The van der Waals surface area contributed by atoms with Gasteiger partial charge in [0, 0.05) is 6.42 Å². The van der Waals surface area contributed by atoms with Crippen LogP contribution in [0.3, 0.4) is 0 Å². The van der Waals surface area contributed by atoms with Gasteiger partial charge in [-0.25, -0.2) is 0 Å². The lowest BCUT2D eigenvalue weighted by Gasteiger charge is -2.19. The number of nitrogens with one attached hydrogen (secondary N) is 1. The predicted molar refractivity (Wildman–Crippen MR) is 267 cm³/mol. The largest absolute Gasteiger partial charge is 0.394 e. The van der Waals surface area contributed by atoms with Crippen LogP contribution >= 0.6 is 0 Å². The lowest BCUT2D eigenvalue weighted by atomic mass is 10.0. The molecule has 0 saturated heterocycles. The Morgan fingerprint density at radius 3 is 1.10 bits per heavy atom. The van der Waals surface area contributed by atoms with Crippen LogP contribution in [0.25, 0.3) is 0 Å². The molecule has 3 N–H and O–H groups in total. The quantitative estimate of drug-likeness (QED) is 0.0422. The maximum Gasteiger partial charge on any atom is 0.220 e. The van der Waals surface area contributed by atoms with E-state index in [1.54, 1.807) is 6.08 Å². The van der Waals surface area contributed by atoms with Gasteiger partial charge >= 0.3 is 0 Å². The van der Waals surface area contributed by atoms with Gasteiger partial charge in [0.15, 0.2) is 0 Å². The van der Waals surface area contributed by atoms with Crippen LogP contribution in [0.1, 0.15) is 284 Å². The van der Waals surface area contributed by atoms with Crippen LogP contribution in [-0.2, 0) is 4.79 Å². The number of allylic oxidation sites excluding steroid dienone is 7. The Morgan fingerprint density at radius 1 is 0.400 bits per heavy atom. The van der Waals surface area contributed by atoms with Gasteiger partial charge in [-0.05, 0) is 64.2 Å². The highest BCUT2D eigenvalue weighted by Gasteiger charge is 2.17. The molecule has 0 heterocycles. The van der Waals surface area contributed by atoms with Crippen molar-refractivity contribution in [1.82, 2.24) is 5.32 Å². The van der Waals surface area contributed by atoms with Crippen molar-refractivity contribution in [1.29, 1.82) is 0 Å². The van der Waals surface area contributed by atoms with E-state index in [0.29, 0.717) is 6.42 Å².